The predicted octanol–water partition coefficient (Wildman–Crippen LogP) is 5.89. The van der Waals surface area contributed by atoms with E-state index in [0.29, 0.717) is 21.8 Å². The molecule has 3 nitrogen and oxygen atoms in total. The number of hydrogen-bond acceptors (Lipinski definition) is 4. The van der Waals surface area contributed by atoms with Crippen LogP contribution in [0.1, 0.15) is 0 Å². The van der Waals surface area contributed by atoms with Gasteiger partial charge < -0.3 is 9.15 Å². The number of fused-ring (bicyclic) bond motifs is 2. The predicted molar refractivity (Wildman–Crippen MR) is 104 cm³/mol. The molecule has 2 aromatic heterocycles. The standard InChI is InChI=1S/C20H13ClO3S/c1-2-9-23-20-18(22)14-11-13(21)7-8-15(14)24-19(20)17-10-12-5-3-4-6-16(12)25-17/h2-8,10-11H,1,9H2. The number of ether oxygens (including phenoxy) is 1. The van der Waals surface area contributed by atoms with Gasteiger partial charge in [0.1, 0.15) is 12.2 Å². The summed E-state index contributed by atoms with van der Waals surface area (Å²) in [6, 6.07) is 15.0. The molecule has 0 unspecified atom stereocenters. The van der Waals surface area contributed by atoms with Gasteiger partial charge in [-0.2, -0.15) is 0 Å². The van der Waals surface area contributed by atoms with E-state index < -0.39 is 0 Å². The highest BCUT2D eigenvalue weighted by molar-refractivity contribution is 7.22. The maximum atomic E-state index is 12.9. The van der Waals surface area contributed by atoms with E-state index in [0.717, 1.165) is 15.0 Å². The minimum Gasteiger partial charge on any atom is -0.482 e. The molecular formula is C20H13ClO3S. The minimum absolute atomic E-state index is 0.182. The van der Waals surface area contributed by atoms with Crippen molar-refractivity contribution in [3.8, 4) is 16.4 Å². The highest BCUT2D eigenvalue weighted by Gasteiger charge is 2.19. The van der Waals surface area contributed by atoms with Crippen molar-refractivity contribution in [2.75, 3.05) is 6.61 Å². The summed E-state index contributed by atoms with van der Waals surface area (Å²) in [4.78, 5) is 13.8. The Morgan fingerprint density at radius 2 is 2.04 bits per heavy atom. The highest BCUT2D eigenvalue weighted by Crippen LogP contribution is 2.38. The molecule has 0 atom stereocenters. The van der Waals surface area contributed by atoms with Crippen LogP contribution in [-0.2, 0) is 0 Å². The van der Waals surface area contributed by atoms with Crippen molar-refractivity contribution in [1.82, 2.24) is 0 Å². The molecule has 0 spiro atoms. The second-order valence-electron chi connectivity index (χ2n) is 5.48. The average Bonchev–Trinajstić information content (AvgIpc) is 3.05. The lowest BCUT2D eigenvalue weighted by atomic mass is 10.2. The molecule has 5 heteroatoms. The van der Waals surface area contributed by atoms with Crippen LogP contribution in [0.5, 0.6) is 5.75 Å². The van der Waals surface area contributed by atoms with Crippen LogP contribution in [0.15, 0.2) is 70.4 Å². The summed E-state index contributed by atoms with van der Waals surface area (Å²) in [5, 5.41) is 1.97. The van der Waals surface area contributed by atoms with Gasteiger partial charge in [0.2, 0.25) is 11.2 Å². The van der Waals surface area contributed by atoms with E-state index in [2.05, 4.69) is 6.58 Å². The van der Waals surface area contributed by atoms with E-state index in [9.17, 15) is 4.79 Å². The fourth-order valence-electron chi connectivity index (χ4n) is 2.68. The van der Waals surface area contributed by atoms with Crippen LogP contribution in [0.25, 0.3) is 31.7 Å². The van der Waals surface area contributed by atoms with Gasteiger partial charge in [-0.25, -0.2) is 0 Å². The molecule has 2 heterocycles. The highest BCUT2D eigenvalue weighted by atomic mass is 35.5. The molecular weight excluding hydrogens is 356 g/mol. The van der Waals surface area contributed by atoms with Gasteiger partial charge in [0.05, 0.1) is 10.3 Å². The zero-order valence-corrected chi connectivity index (χ0v) is 14.7. The van der Waals surface area contributed by atoms with Crippen LogP contribution in [0.4, 0.5) is 0 Å². The third kappa shape index (κ3) is 2.84. The van der Waals surface area contributed by atoms with Crippen molar-refractivity contribution in [3.05, 3.63) is 76.4 Å². The van der Waals surface area contributed by atoms with Crippen LogP contribution < -0.4 is 10.2 Å². The first kappa shape index (κ1) is 15.9. The molecule has 0 radical (unpaired) electrons. The Bertz CT molecular complexity index is 1120. The van der Waals surface area contributed by atoms with E-state index >= 15 is 0 Å². The van der Waals surface area contributed by atoms with Crippen molar-refractivity contribution in [1.29, 1.82) is 0 Å². The summed E-state index contributed by atoms with van der Waals surface area (Å²) < 4.78 is 12.8. The van der Waals surface area contributed by atoms with Gasteiger partial charge in [-0.3, -0.25) is 4.79 Å². The van der Waals surface area contributed by atoms with Crippen molar-refractivity contribution in [2.24, 2.45) is 0 Å². The summed E-state index contributed by atoms with van der Waals surface area (Å²) >= 11 is 7.58. The Morgan fingerprint density at radius 1 is 1.20 bits per heavy atom. The molecule has 124 valence electrons. The van der Waals surface area contributed by atoms with Gasteiger partial charge >= 0.3 is 0 Å². The van der Waals surface area contributed by atoms with Crippen molar-refractivity contribution in [2.45, 2.75) is 0 Å². The first-order valence-corrected chi connectivity index (χ1v) is 8.86. The lowest BCUT2D eigenvalue weighted by molar-refractivity contribution is 0.352. The molecule has 0 aliphatic carbocycles. The normalized spacial score (nSPS) is 11.1. The van der Waals surface area contributed by atoms with E-state index in [1.54, 1.807) is 35.6 Å². The monoisotopic (exact) mass is 368 g/mol. The molecule has 0 aliphatic rings. The van der Waals surface area contributed by atoms with Gasteiger partial charge in [-0.05, 0) is 35.7 Å². The van der Waals surface area contributed by atoms with E-state index in [1.165, 1.54) is 0 Å². The third-order valence-corrected chi connectivity index (χ3v) is 5.16. The van der Waals surface area contributed by atoms with E-state index in [-0.39, 0.29) is 17.8 Å². The van der Waals surface area contributed by atoms with Gasteiger partial charge in [0.15, 0.2) is 5.76 Å². The smallest absolute Gasteiger partial charge is 0.235 e. The van der Waals surface area contributed by atoms with Crippen molar-refractivity contribution >= 4 is 44.0 Å². The van der Waals surface area contributed by atoms with Crippen LogP contribution in [0.3, 0.4) is 0 Å². The Hall–Kier alpha value is -2.56. The van der Waals surface area contributed by atoms with Crippen molar-refractivity contribution < 1.29 is 9.15 Å². The second kappa shape index (κ2) is 6.39. The van der Waals surface area contributed by atoms with Gasteiger partial charge in [-0.15, -0.1) is 11.3 Å². The van der Waals surface area contributed by atoms with Crippen LogP contribution in [0, 0.1) is 0 Å². The Balaban J connectivity index is 2.01. The zero-order valence-electron chi connectivity index (χ0n) is 13.1. The number of halogens is 1. The number of rotatable bonds is 4. The Morgan fingerprint density at radius 3 is 2.84 bits per heavy atom. The van der Waals surface area contributed by atoms with E-state index in [4.69, 9.17) is 20.8 Å². The maximum absolute atomic E-state index is 12.9. The lowest BCUT2D eigenvalue weighted by Gasteiger charge is -2.09. The topological polar surface area (TPSA) is 39.4 Å². The van der Waals surface area contributed by atoms with Crippen LogP contribution in [0.2, 0.25) is 5.02 Å². The SMILES string of the molecule is C=CCOc1c(-c2cc3ccccc3s2)oc2ccc(Cl)cc2c1=O. The van der Waals surface area contributed by atoms with Gasteiger partial charge in [0.25, 0.3) is 0 Å². The number of thiophene rings is 1. The minimum atomic E-state index is -0.238. The van der Waals surface area contributed by atoms with E-state index in [1.807, 2.05) is 30.3 Å². The molecule has 25 heavy (non-hydrogen) atoms. The summed E-state index contributed by atoms with van der Waals surface area (Å²) in [6.07, 6.45) is 1.59. The molecule has 4 rings (SSSR count). The fourth-order valence-corrected chi connectivity index (χ4v) is 3.89. The average molecular weight is 369 g/mol. The summed E-state index contributed by atoms with van der Waals surface area (Å²) in [5.41, 5.74) is 0.242. The molecule has 0 saturated carbocycles. The lowest BCUT2D eigenvalue weighted by Crippen LogP contribution is -2.10. The summed E-state index contributed by atoms with van der Waals surface area (Å²) in [7, 11) is 0. The summed E-state index contributed by atoms with van der Waals surface area (Å²) in [6.45, 7) is 3.86. The second-order valence-corrected chi connectivity index (χ2v) is 7.00. The first-order valence-electron chi connectivity index (χ1n) is 7.66. The zero-order chi connectivity index (χ0) is 17.4. The fraction of sp³-hybridized carbons (Fsp3) is 0.0500. The molecule has 0 N–H and O–H groups in total. The van der Waals surface area contributed by atoms with Gasteiger partial charge in [0, 0.05) is 9.72 Å². The molecule has 0 bridgehead atoms. The van der Waals surface area contributed by atoms with Crippen molar-refractivity contribution in [3.63, 3.8) is 0 Å². The Kier molecular flexibility index (Phi) is 4.07. The maximum Gasteiger partial charge on any atom is 0.235 e. The third-order valence-electron chi connectivity index (χ3n) is 3.81. The van der Waals surface area contributed by atoms with Crippen LogP contribution >= 0.6 is 22.9 Å². The number of benzene rings is 2. The largest absolute Gasteiger partial charge is 0.482 e. The molecule has 0 saturated heterocycles. The molecule has 4 aromatic rings. The quantitative estimate of drug-likeness (QED) is 0.421. The number of hydrogen-bond donors (Lipinski definition) is 0. The summed E-state index contributed by atoms with van der Waals surface area (Å²) in [5.74, 6) is 0.615. The Labute approximate surface area is 152 Å². The van der Waals surface area contributed by atoms with Gasteiger partial charge in [-0.1, -0.05) is 42.5 Å². The van der Waals surface area contributed by atoms with Crippen LogP contribution in [-0.4, -0.2) is 6.61 Å². The molecule has 0 fully saturated rings. The first-order chi connectivity index (χ1) is 12.2. The molecule has 0 aliphatic heterocycles. The molecule has 2 aromatic carbocycles. The molecule has 0 amide bonds.